The highest BCUT2D eigenvalue weighted by atomic mass is 79.9. The highest BCUT2D eigenvalue weighted by Crippen LogP contribution is 2.18. The van der Waals surface area contributed by atoms with Crippen LogP contribution in [0.1, 0.15) is 26.7 Å². The van der Waals surface area contributed by atoms with E-state index >= 15 is 0 Å². The summed E-state index contributed by atoms with van der Waals surface area (Å²) < 4.78 is 6.54. The van der Waals surface area contributed by atoms with Crippen LogP contribution in [0.15, 0.2) is 28.7 Å². The van der Waals surface area contributed by atoms with Crippen molar-refractivity contribution in [2.24, 2.45) is 5.92 Å². The molecule has 0 aromatic heterocycles. The minimum atomic E-state index is 0.130. The van der Waals surface area contributed by atoms with Crippen LogP contribution in [-0.4, -0.2) is 12.4 Å². The van der Waals surface area contributed by atoms with E-state index in [1.54, 1.807) is 0 Å². The van der Waals surface area contributed by atoms with Crippen molar-refractivity contribution in [3.63, 3.8) is 0 Å². The Kier molecular flexibility index (Phi) is 5.53. The molecule has 0 N–H and O–H groups in total. The van der Waals surface area contributed by atoms with Gasteiger partial charge in [0.2, 0.25) is 0 Å². The monoisotopic (exact) mass is 284 g/mol. The summed E-state index contributed by atoms with van der Waals surface area (Å²) in [5.74, 6) is 1.27. The fourth-order valence-corrected chi connectivity index (χ4v) is 1.66. The summed E-state index contributed by atoms with van der Waals surface area (Å²) >= 11 is 3.38. The van der Waals surface area contributed by atoms with E-state index < -0.39 is 0 Å². The summed E-state index contributed by atoms with van der Waals surface area (Å²) in [6.07, 6.45) is 1.38. The number of hydrogen-bond acceptors (Lipinski definition) is 2. The molecule has 0 spiro atoms. The first-order valence-electron chi connectivity index (χ1n) is 5.50. The number of carbonyl (C=O) groups is 1. The quantitative estimate of drug-likeness (QED) is 0.742. The normalized spacial score (nSPS) is 10.5. The first-order chi connectivity index (χ1) is 7.59. The molecule has 0 unspecified atom stereocenters. The van der Waals surface area contributed by atoms with Crippen molar-refractivity contribution in [3.8, 4) is 5.75 Å². The first kappa shape index (κ1) is 13.2. The van der Waals surface area contributed by atoms with E-state index in [2.05, 4.69) is 15.9 Å². The lowest BCUT2D eigenvalue weighted by Crippen LogP contribution is -2.08. The minimum absolute atomic E-state index is 0.130. The van der Waals surface area contributed by atoms with E-state index in [1.807, 2.05) is 38.1 Å². The molecule has 0 aliphatic heterocycles. The Morgan fingerprint density at radius 1 is 1.44 bits per heavy atom. The van der Waals surface area contributed by atoms with E-state index in [9.17, 15) is 4.79 Å². The summed E-state index contributed by atoms with van der Waals surface area (Å²) in [5, 5.41) is 0. The van der Waals surface area contributed by atoms with E-state index in [-0.39, 0.29) is 5.92 Å². The number of benzene rings is 1. The predicted octanol–water partition coefficient (Wildman–Crippen LogP) is 3.83. The van der Waals surface area contributed by atoms with Crippen molar-refractivity contribution in [1.82, 2.24) is 0 Å². The Balaban J connectivity index is 2.23. The Hall–Kier alpha value is -0.830. The van der Waals surface area contributed by atoms with Crippen LogP contribution in [-0.2, 0) is 4.79 Å². The van der Waals surface area contributed by atoms with Gasteiger partial charge in [-0.05, 0) is 24.6 Å². The van der Waals surface area contributed by atoms with Gasteiger partial charge in [-0.25, -0.2) is 0 Å². The maximum absolute atomic E-state index is 11.3. The average molecular weight is 285 g/mol. The number of carbonyl (C=O) groups excluding carboxylic acids is 1. The number of ether oxygens (including phenoxy) is 1. The van der Waals surface area contributed by atoms with Crippen molar-refractivity contribution in [1.29, 1.82) is 0 Å². The van der Waals surface area contributed by atoms with Gasteiger partial charge in [-0.1, -0.05) is 35.8 Å². The molecule has 88 valence electrons. The SMILES string of the molecule is CC(C)C(=O)CCCOc1cccc(Br)c1. The van der Waals surface area contributed by atoms with Gasteiger partial charge in [0.05, 0.1) is 6.61 Å². The van der Waals surface area contributed by atoms with E-state index in [4.69, 9.17) is 4.74 Å². The molecule has 0 radical (unpaired) electrons. The molecule has 0 atom stereocenters. The largest absolute Gasteiger partial charge is 0.494 e. The van der Waals surface area contributed by atoms with Crippen LogP contribution >= 0.6 is 15.9 Å². The highest BCUT2D eigenvalue weighted by molar-refractivity contribution is 9.10. The molecule has 1 aromatic rings. The molecule has 16 heavy (non-hydrogen) atoms. The van der Waals surface area contributed by atoms with Gasteiger partial charge in [0.25, 0.3) is 0 Å². The van der Waals surface area contributed by atoms with Crippen LogP contribution in [0.5, 0.6) is 5.75 Å². The highest BCUT2D eigenvalue weighted by Gasteiger charge is 2.06. The second-order valence-corrected chi connectivity index (χ2v) is 4.95. The van der Waals surface area contributed by atoms with Gasteiger partial charge in [-0.3, -0.25) is 4.79 Å². The molecule has 2 nitrogen and oxygen atoms in total. The molecule has 1 aromatic carbocycles. The van der Waals surface area contributed by atoms with E-state index in [1.165, 1.54) is 0 Å². The molecule has 1 rings (SSSR count). The molecular weight excluding hydrogens is 268 g/mol. The third-order valence-corrected chi connectivity index (χ3v) is 2.77. The Bertz CT molecular complexity index is 348. The number of rotatable bonds is 6. The summed E-state index contributed by atoms with van der Waals surface area (Å²) in [6, 6.07) is 7.72. The fourth-order valence-electron chi connectivity index (χ4n) is 1.28. The Morgan fingerprint density at radius 3 is 2.81 bits per heavy atom. The number of hydrogen-bond donors (Lipinski definition) is 0. The van der Waals surface area contributed by atoms with E-state index in [0.29, 0.717) is 18.8 Å². The van der Waals surface area contributed by atoms with Crippen LogP contribution in [0.4, 0.5) is 0 Å². The summed E-state index contributed by atoms with van der Waals surface area (Å²) in [4.78, 5) is 11.3. The molecule has 0 bridgehead atoms. The molecule has 0 amide bonds. The fraction of sp³-hybridized carbons (Fsp3) is 0.462. The van der Waals surface area contributed by atoms with Crippen molar-refractivity contribution >= 4 is 21.7 Å². The zero-order valence-electron chi connectivity index (χ0n) is 9.70. The number of ketones is 1. The Morgan fingerprint density at radius 2 is 2.19 bits per heavy atom. The lowest BCUT2D eigenvalue weighted by molar-refractivity contribution is -0.122. The Labute approximate surface area is 105 Å². The van der Waals surface area contributed by atoms with Crippen LogP contribution in [0.25, 0.3) is 0 Å². The van der Waals surface area contributed by atoms with Gasteiger partial charge in [0, 0.05) is 16.8 Å². The lowest BCUT2D eigenvalue weighted by atomic mass is 10.1. The predicted molar refractivity (Wildman–Crippen MR) is 68.7 cm³/mol. The molecule has 0 saturated heterocycles. The first-order valence-corrected chi connectivity index (χ1v) is 6.30. The summed E-state index contributed by atoms with van der Waals surface area (Å²) in [7, 11) is 0. The van der Waals surface area contributed by atoms with Gasteiger partial charge >= 0.3 is 0 Å². The van der Waals surface area contributed by atoms with Crippen molar-refractivity contribution in [3.05, 3.63) is 28.7 Å². The second kappa shape index (κ2) is 6.69. The third-order valence-electron chi connectivity index (χ3n) is 2.28. The smallest absolute Gasteiger partial charge is 0.135 e. The molecule has 0 fully saturated rings. The second-order valence-electron chi connectivity index (χ2n) is 4.03. The maximum Gasteiger partial charge on any atom is 0.135 e. The van der Waals surface area contributed by atoms with Crippen LogP contribution in [0.3, 0.4) is 0 Å². The molecule has 0 aliphatic carbocycles. The van der Waals surface area contributed by atoms with Crippen LogP contribution in [0.2, 0.25) is 0 Å². The zero-order valence-corrected chi connectivity index (χ0v) is 11.3. The van der Waals surface area contributed by atoms with Gasteiger partial charge < -0.3 is 4.74 Å². The molecule has 0 aliphatic rings. The minimum Gasteiger partial charge on any atom is -0.494 e. The number of Topliss-reactive ketones (excluding diaryl/α,β-unsaturated/α-hetero) is 1. The van der Waals surface area contributed by atoms with Crippen LogP contribution in [0, 0.1) is 5.92 Å². The van der Waals surface area contributed by atoms with E-state index in [0.717, 1.165) is 16.6 Å². The standard InChI is InChI=1S/C13H17BrO2/c1-10(2)13(15)7-4-8-16-12-6-3-5-11(14)9-12/h3,5-6,9-10H,4,7-8H2,1-2H3. The van der Waals surface area contributed by atoms with Crippen molar-refractivity contribution < 1.29 is 9.53 Å². The third kappa shape index (κ3) is 4.79. The van der Waals surface area contributed by atoms with Crippen molar-refractivity contribution in [2.75, 3.05) is 6.61 Å². The molecule has 0 heterocycles. The molecule has 0 saturated carbocycles. The molecule has 3 heteroatoms. The van der Waals surface area contributed by atoms with Gasteiger partial charge in [0.1, 0.15) is 11.5 Å². The summed E-state index contributed by atoms with van der Waals surface area (Å²) in [5.41, 5.74) is 0. The van der Waals surface area contributed by atoms with Crippen LogP contribution < -0.4 is 4.74 Å². The lowest BCUT2D eigenvalue weighted by Gasteiger charge is -2.07. The zero-order chi connectivity index (χ0) is 12.0. The van der Waals surface area contributed by atoms with Gasteiger partial charge in [-0.15, -0.1) is 0 Å². The molecular formula is C13H17BrO2. The van der Waals surface area contributed by atoms with Gasteiger partial charge in [0.15, 0.2) is 0 Å². The summed E-state index contributed by atoms with van der Waals surface area (Å²) in [6.45, 7) is 4.45. The maximum atomic E-state index is 11.3. The topological polar surface area (TPSA) is 26.3 Å². The number of halogens is 1. The average Bonchev–Trinajstić information content (AvgIpc) is 2.24. The van der Waals surface area contributed by atoms with Crippen molar-refractivity contribution in [2.45, 2.75) is 26.7 Å². The van der Waals surface area contributed by atoms with Gasteiger partial charge in [-0.2, -0.15) is 0 Å².